The lowest BCUT2D eigenvalue weighted by Gasteiger charge is -2.40. The summed E-state index contributed by atoms with van der Waals surface area (Å²) >= 11 is 1.59. The van der Waals surface area contributed by atoms with Crippen molar-refractivity contribution in [1.82, 2.24) is 4.31 Å². The fourth-order valence-corrected chi connectivity index (χ4v) is 4.38. The molecule has 2 aromatic rings. The van der Waals surface area contributed by atoms with Crippen LogP contribution in [0.15, 0.2) is 47.4 Å². The first-order valence-corrected chi connectivity index (χ1v) is 10.1. The molecular formula is C21H23F3N2O2S. The minimum atomic E-state index is -4.32. The van der Waals surface area contributed by atoms with Gasteiger partial charge in [-0.1, -0.05) is 6.07 Å². The second-order valence-electron chi connectivity index (χ2n) is 7.23. The van der Waals surface area contributed by atoms with Gasteiger partial charge in [0, 0.05) is 36.3 Å². The maximum Gasteiger partial charge on any atom is 0.416 e. The van der Waals surface area contributed by atoms with E-state index in [1.807, 2.05) is 25.1 Å². The Hall–Kier alpha value is -2.19. The van der Waals surface area contributed by atoms with Crippen molar-refractivity contribution in [2.24, 2.45) is 0 Å². The number of carboxylic acids is 1. The monoisotopic (exact) mass is 424 g/mol. The quantitative estimate of drug-likeness (QED) is 0.695. The lowest BCUT2D eigenvalue weighted by Crippen LogP contribution is -2.49. The van der Waals surface area contributed by atoms with Gasteiger partial charge in [0.1, 0.15) is 0 Å². The highest BCUT2D eigenvalue weighted by atomic mass is 32.2. The minimum Gasteiger partial charge on any atom is -0.481 e. The Balaban J connectivity index is 1.64. The first-order chi connectivity index (χ1) is 13.6. The molecule has 1 aliphatic rings. The van der Waals surface area contributed by atoms with E-state index in [2.05, 4.69) is 16.1 Å². The molecule has 1 saturated heterocycles. The summed E-state index contributed by atoms with van der Waals surface area (Å²) in [7, 11) is 0. The third-order valence-electron chi connectivity index (χ3n) is 5.01. The first kappa shape index (κ1) is 21.5. The van der Waals surface area contributed by atoms with E-state index in [1.165, 1.54) is 12.1 Å². The molecule has 4 nitrogen and oxygen atoms in total. The van der Waals surface area contributed by atoms with E-state index in [-0.39, 0.29) is 12.5 Å². The Morgan fingerprint density at radius 3 is 2.45 bits per heavy atom. The number of nitrogens with zero attached hydrogens (tertiary/aromatic N) is 2. The van der Waals surface area contributed by atoms with Gasteiger partial charge in [0.25, 0.3) is 0 Å². The molecule has 8 heteroatoms. The van der Waals surface area contributed by atoms with E-state index in [9.17, 15) is 18.0 Å². The van der Waals surface area contributed by atoms with Gasteiger partial charge in [0.05, 0.1) is 12.0 Å². The number of hydrogen-bond donors (Lipinski definition) is 1. The van der Waals surface area contributed by atoms with E-state index in [4.69, 9.17) is 5.11 Å². The molecule has 1 atom stereocenters. The van der Waals surface area contributed by atoms with Crippen molar-refractivity contribution in [2.45, 2.75) is 37.4 Å². The second-order valence-corrected chi connectivity index (χ2v) is 8.35. The highest BCUT2D eigenvalue weighted by Crippen LogP contribution is 2.33. The van der Waals surface area contributed by atoms with Gasteiger partial charge >= 0.3 is 12.1 Å². The number of piperazine rings is 1. The molecule has 0 aromatic heterocycles. The maximum absolute atomic E-state index is 12.7. The molecule has 0 radical (unpaired) electrons. The zero-order valence-electron chi connectivity index (χ0n) is 16.2. The third-order valence-corrected chi connectivity index (χ3v) is 6.25. The lowest BCUT2D eigenvalue weighted by atomic mass is 10.1. The molecule has 0 saturated carbocycles. The van der Waals surface area contributed by atoms with Crippen molar-refractivity contribution < 1.29 is 23.1 Å². The van der Waals surface area contributed by atoms with Gasteiger partial charge in [-0.25, -0.2) is 4.31 Å². The highest BCUT2D eigenvalue weighted by molar-refractivity contribution is 7.97. The van der Waals surface area contributed by atoms with E-state index >= 15 is 0 Å². The normalized spacial score (nSPS) is 18.1. The average Bonchev–Trinajstić information content (AvgIpc) is 2.65. The number of benzene rings is 2. The molecule has 1 N–H and O–H groups in total. The second kappa shape index (κ2) is 8.67. The molecule has 0 spiro atoms. The number of carboxylic acid groups (broad SMARTS) is 1. The molecule has 0 bridgehead atoms. The third kappa shape index (κ3) is 5.45. The van der Waals surface area contributed by atoms with Gasteiger partial charge in [0.2, 0.25) is 0 Å². The number of anilines is 1. The molecule has 0 amide bonds. The Labute approximate surface area is 172 Å². The highest BCUT2D eigenvalue weighted by Gasteiger charge is 2.31. The summed E-state index contributed by atoms with van der Waals surface area (Å²) in [6.45, 7) is 6.13. The summed E-state index contributed by atoms with van der Waals surface area (Å²) < 4.78 is 40.5. The van der Waals surface area contributed by atoms with Crippen LogP contribution >= 0.6 is 11.9 Å². The van der Waals surface area contributed by atoms with Gasteiger partial charge in [-0.2, -0.15) is 13.2 Å². The molecular weight excluding hydrogens is 401 g/mol. The average molecular weight is 424 g/mol. The van der Waals surface area contributed by atoms with E-state index in [0.29, 0.717) is 13.1 Å². The van der Waals surface area contributed by atoms with Gasteiger partial charge in [-0.05, 0) is 73.3 Å². The number of aryl methyl sites for hydroxylation is 1. The first-order valence-electron chi connectivity index (χ1n) is 9.31. The Bertz CT molecular complexity index is 871. The summed E-state index contributed by atoms with van der Waals surface area (Å²) in [6.07, 6.45) is -4.33. The molecule has 0 unspecified atom stereocenters. The fourth-order valence-electron chi connectivity index (χ4n) is 3.37. The maximum atomic E-state index is 12.7. The van der Waals surface area contributed by atoms with E-state index < -0.39 is 17.7 Å². The number of alkyl halides is 3. The number of halogens is 3. The van der Waals surface area contributed by atoms with Crippen LogP contribution in [0.4, 0.5) is 18.9 Å². The van der Waals surface area contributed by atoms with Crippen LogP contribution in [0.5, 0.6) is 0 Å². The summed E-state index contributed by atoms with van der Waals surface area (Å²) in [5.74, 6) is -0.853. The van der Waals surface area contributed by atoms with Crippen LogP contribution in [0.1, 0.15) is 23.6 Å². The van der Waals surface area contributed by atoms with Crippen LogP contribution in [0.25, 0.3) is 0 Å². The van der Waals surface area contributed by atoms with Crippen molar-refractivity contribution >= 4 is 23.6 Å². The fraction of sp³-hybridized carbons (Fsp3) is 0.381. The summed E-state index contributed by atoms with van der Waals surface area (Å²) in [5.41, 5.74) is 1.91. The summed E-state index contributed by atoms with van der Waals surface area (Å²) in [4.78, 5) is 14.1. The van der Waals surface area contributed by atoms with Crippen LogP contribution in [0.3, 0.4) is 0 Å². The zero-order chi connectivity index (χ0) is 21.2. The Kier molecular flexibility index (Phi) is 6.43. The Morgan fingerprint density at radius 1 is 1.17 bits per heavy atom. The van der Waals surface area contributed by atoms with Crippen LogP contribution in [0.2, 0.25) is 0 Å². The predicted molar refractivity (Wildman–Crippen MR) is 108 cm³/mol. The number of aliphatic carboxylic acids is 1. The van der Waals surface area contributed by atoms with Crippen molar-refractivity contribution in [2.75, 3.05) is 24.5 Å². The molecule has 1 heterocycles. The van der Waals surface area contributed by atoms with Crippen LogP contribution in [0, 0.1) is 6.92 Å². The smallest absolute Gasteiger partial charge is 0.416 e. The molecule has 2 aromatic carbocycles. The van der Waals surface area contributed by atoms with Crippen molar-refractivity contribution in [1.29, 1.82) is 0 Å². The molecule has 3 rings (SSSR count). The molecule has 1 fully saturated rings. The number of carbonyl (C=O) groups is 1. The predicted octanol–water partition coefficient (Wildman–Crippen LogP) is 4.86. The van der Waals surface area contributed by atoms with E-state index in [0.717, 1.165) is 40.4 Å². The number of hydrogen-bond acceptors (Lipinski definition) is 4. The van der Waals surface area contributed by atoms with Crippen LogP contribution < -0.4 is 4.90 Å². The molecule has 1 aliphatic heterocycles. The molecule has 29 heavy (non-hydrogen) atoms. The van der Waals surface area contributed by atoms with Crippen molar-refractivity contribution in [3.8, 4) is 0 Å². The largest absolute Gasteiger partial charge is 0.481 e. The topological polar surface area (TPSA) is 43.8 Å². The van der Waals surface area contributed by atoms with E-state index in [1.54, 1.807) is 11.9 Å². The van der Waals surface area contributed by atoms with Gasteiger partial charge in [-0.15, -0.1) is 0 Å². The lowest BCUT2D eigenvalue weighted by molar-refractivity contribution is -0.138. The van der Waals surface area contributed by atoms with Crippen LogP contribution in [-0.4, -0.2) is 41.1 Å². The summed E-state index contributed by atoms with van der Waals surface area (Å²) in [5, 5.41) is 9.06. The van der Waals surface area contributed by atoms with Crippen molar-refractivity contribution in [3.05, 3.63) is 59.2 Å². The van der Waals surface area contributed by atoms with Crippen LogP contribution in [-0.2, 0) is 17.4 Å². The standard InChI is InChI=1S/C21H23F3N2O2S/c1-14-3-8-19(11-16(14)12-20(27)28)29-26-10-9-25(13-15(26)2)18-6-4-17(5-7-18)21(22,23)24/h3-8,11,15H,9-10,12-13H2,1-2H3,(H,27,28)/t15-/m1/s1. The zero-order valence-corrected chi connectivity index (χ0v) is 17.1. The number of rotatable bonds is 5. The van der Waals surface area contributed by atoms with Gasteiger partial charge in [-0.3, -0.25) is 4.79 Å². The summed E-state index contributed by atoms with van der Waals surface area (Å²) in [6, 6.07) is 11.3. The minimum absolute atomic E-state index is 0.00249. The Morgan fingerprint density at radius 2 is 1.86 bits per heavy atom. The van der Waals surface area contributed by atoms with Gasteiger partial charge < -0.3 is 10.0 Å². The molecule has 156 valence electrons. The van der Waals surface area contributed by atoms with Gasteiger partial charge in [0.15, 0.2) is 0 Å². The molecule has 0 aliphatic carbocycles. The van der Waals surface area contributed by atoms with Crippen molar-refractivity contribution in [3.63, 3.8) is 0 Å². The SMILES string of the molecule is Cc1ccc(SN2CCN(c3ccc(C(F)(F)F)cc3)C[C@H]2C)cc1CC(=O)O.